The lowest BCUT2D eigenvalue weighted by atomic mass is 10.1. The van der Waals surface area contributed by atoms with Gasteiger partial charge in [-0.25, -0.2) is 13.2 Å². The fourth-order valence-corrected chi connectivity index (χ4v) is 3.18. The summed E-state index contributed by atoms with van der Waals surface area (Å²) >= 11 is 0. The minimum atomic E-state index is -1.47. The van der Waals surface area contributed by atoms with Gasteiger partial charge in [0.25, 0.3) is 0 Å². The van der Waals surface area contributed by atoms with Crippen LogP contribution in [0.15, 0.2) is 84.9 Å². The summed E-state index contributed by atoms with van der Waals surface area (Å²) in [6.07, 6.45) is 3.88. The van der Waals surface area contributed by atoms with Crippen molar-refractivity contribution in [2.75, 3.05) is 6.61 Å². The van der Waals surface area contributed by atoms with E-state index in [0.29, 0.717) is 12.2 Å². The predicted molar refractivity (Wildman–Crippen MR) is 129 cm³/mol. The molecule has 0 saturated carbocycles. The summed E-state index contributed by atoms with van der Waals surface area (Å²) < 4.78 is 46.3. The molecule has 0 aliphatic carbocycles. The Morgan fingerprint density at radius 3 is 1.79 bits per heavy atom. The largest absolute Gasteiger partial charge is 0.490 e. The van der Waals surface area contributed by atoms with E-state index in [4.69, 9.17) is 4.74 Å². The van der Waals surface area contributed by atoms with Crippen molar-refractivity contribution in [3.8, 4) is 29.4 Å². The molecule has 0 N–H and O–H groups in total. The SMILES string of the molecule is C/C=C/COc1ccc(C#Cc2ccc(C#Cc3ccc4c(F)c(F)c(F)cc4c3)cc2)cc1. The van der Waals surface area contributed by atoms with Crippen LogP contribution in [0.1, 0.15) is 29.2 Å². The molecule has 0 amide bonds. The fourth-order valence-electron chi connectivity index (χ4n) is 3.18. The van der Waals surface area contributed by atoms with E-state index in [0.717, 1.165) is 28.5 Å². The zero-order chi connectivity index (χ0) is 23.9. The maximum Gasteiger partial charge on any atom is 0.195 e. The first kappa shape index (κ1) is 22.8. The van der Waals surface area contributed by atoms with E-state index in [1.807, 2.05) is 67.6 Å². The van der Waals surface area contributed by atoms with Gasteiger partial charge in [0.15, 0.2) is 17.5 Å². The Labute approximate surface area is 196 Å². The zero-order valence-corrected chi connectivity index (χ0v) is 18.3. The zero-order valence-electron chi connectivity index (χ0n) is 18.3. The molecule has 0 heterocycles. The average molecular weight is 452 g/mol. The Morgan fingerprint density at radius 2 is 1.21 bits per heavy atom. The number of halogens is 3. The molecule has 0 aliphatic rings. The number of fused-ring (bicyclic) bond motifs is 1. The third-order valence-electron chi connectivity index (χ3n) is 5.00. The van der Waals surface area contributed by atoms with Crippen molar-refractivity contribution in [3.05, 3.63) is 125 Å². The molecule has 0 atom stereocenters. The monoisotopic (exact) mass is 452 g/mol. The number of benzene rings is 4. The summed E-state index contributed by atoms with van der Waals surface area (Å²) in [4.78, 5) is 0. The van der Waals surface area contributed by atoms with Crippen LogP contribution in [0.3, 0.4) is 0 Å². The molecule has 34 heavy (non-hydrogen) atoms. The average Bonchev–Trinajstić information content (AvgIpc) is 2.86. The number of hydrogen-bond acceptors (Lipinski definition) is 1. The van der Waals surface area contributed by atoms with Crippen LogP contribution in [0, 0.1) is 41.1 Å². The Balaban J connectivity index is 1.45. The third kappa shape index (κ3) is 5.49. The summed E-state index contributed by atoms with van der Waals surface area (Å²) in [6, 6.07) is 20.5. The molecule has 166 valence electrons. The molecule has 0 unspecified atom stereocenters. The van der Waals surface area contributed by atoms with Gasteiger partial charge in [0, 0.05) is 27.6 Å². The molecule has 0 fully saturated rings. The highest BCUT2D eigenvalue weighted by molar-refractivity contribution is 5.84. The van der Waals surface area contributed by atoms with Crippen LogP contribution in [0.4, 0.5) is 13.2 Å². The number of allylic oxidation sites excluding steroid dienone is 1. The van der Waals surface area contributed by atoms with Gasteiger partial charge in [-0.3, -0.25) is 0 Å². The molecule has 0 spiro atoms. The summed E-state index contributed by atoms with van der Waals surface area (Å²) in [7, 11) is 0. The van der Waals surface area contributed by atoms with Crippen molar-refractivity contribution in [1.82, 2.24) is 0 Å². The van der Waals surface area contributed by atoms with Gasteiger partial charge >= 0.3 is 0 Å². The van der Waals surface area contributed by atoms with Gasteiger partial charge in [-0.1, -0.05) is 41.9 Å². The molecular formula is C30H19F3O. The van der Waals surface area contributed by atoms with E-state index in [-0.39, 0.29) is 10.8 Å². The van der Waals surface area contributed by atoms with Crippen LogP contribution in [0.5, 0.6) is 5.75 Å². The van der Waals surface area contributed by atoms with Gasteiger partial charge in [0.1, 0.15) is 12.4 Å². The molecule has 0 radical (unpaired) electrons. The van der Waals surface area contributed by atoms with Crippen LogP contribution < -0.4 is 4.74 Å². The predicted octanol–water partition coefficient (Wildman–Crippen LogP) is 7.01. The highest BCUT2D eigenvalue weighted by Gasteiger charge is 2.13. The summed E-state index contributed by atoms with van der Waals surface area (Å²) in [6.45, 7) is 2.48. The first-order valence-electron chi connectivity index (χ1n) is 10.6. The first-order valence-corrected chi connectivity index (χ1v) is 10.6. The highest BCUT2D eigenvalue weighted by atomic mass is 19.2. The van der Waals surface area contributed by atoms with E-state index < -0.39 is 17.5 Å². The van der Waals surface area contributed by atoms with Crippen LogP contribution in [-0.2, 0) is 0 Å². The quantitative estimate of drug-likeness (QED) is 0.185. The summed E-state index contributed by atoms with van der Waals surface area (Å²) in [5, 5.41) is 0.273. The van der Waals surface area contributed by atoms with Gasteiger partial charge < -0.3 is 4.74 Å². The smallest absolute Gasteiger partial charge is 0.195 e. The maximum atomic E-state index is 13.9. The second-order valence-corrected chi connectivity index (χ2v) is 7.40. The topological polar surface area (TPSA) is 9.23 Å². The van der Waals surface area contributed by atoms with Gasteiger partial charge in [-0.05, 0) is 79.0 Å². The maximum absolute atomic E-state index is 13.9. The molecule has 0 aliphatic heterocycles. The van der Waals surface area contributed by atoms with E-state index >= 15 is 0 Å². The van der Waals surface area contributed by atoms with Crippen molar-refractivity contribution in [1.29, 1.82) is 0 Å². The highest BCUT2D eigenvalue weighted by Crippen LogP contribution is 2.24. The minimum absolute atomic E-state index is 0.0168. The van der Waals surface area contributed by atoms with E-state index in [2.05, 4.69) is 23.7 Å². The molecule has 4 aromatic rings. The van der Waals surface area contributed by atoms with Crippen LogP contribution in [0.2, 0.25) is 0 Å². The molecule has 4 rings (SSSR count). The molecule has 4 heteroatoms. The van der Waals surface area contributed by atoms with E-state index in [1.165, 1.54) is 12.1 Å². The summed E-state index contributed by atoms with van der Waals surface area (Å²) in [5.74, 6) is 9.12. The van der Waals surface area contributed by atoms with Gasteiger partial charge in [-0.2, -0.15) is 0 Å². The van der Waals surface area contributed by atoms with Gasteiger partial charge in [-0.15, -0.1) is 0 Å². The molecule has 1 nitrogen and oxygen atoms in total. The Hall–Kier alpha value is -4.41. The van der Waals surface area contributed by atoms with Crippen molar-refractivity contribution < 1.29 is 17.9 Å². The van der Waals surface area contributed by atoms with Crippen molar-refractivity contribution in [3.63, 3.8) is 0 Å². The second-order valence-electron chi connectivity index (χ2n) is 7.40. The molecule has 0 aromatic heterocycles. The fraction of sp³-hybridized carbons (Fsp3) is 0.0667. The number of rotatable bonds is 3. The van der Waals surface area contributed by atoms with Crippen LogP contribution in [0.25, 0.3) is 10.8 Å². The van der Waals surface area contributed by atoms with Crippen LogP contribution in [-0.4, -0.2) is 6.61 Å². The summed E-state index contributed by atoms with van der Waals surface area (Å²) in [5.41, 5.74) is 3.06. The molecule has 4 aromatic carbocycles. The Kier molecular flexibility index (Phi) is 7.01. The van der Waals surface area contributed by atoms with Crippen molar-refractivity contribution in [2.45, 2.75) is 6.92 Å². The molecule has 0 saturated heterocycles. The van der Waals surface area contributed by atoms with Crippen LogP contribution >= 0.6 is 0 Å². The third-order valence-corrected chi connectivity index (χ3v) is 5.00. The second kappa shape index (κ2) is 10.5. The lowest BCUT2D eigenvalue weighted by molar-refractivity contribution is 0.362. The molecule has 0 bridgehead atoms. The van der Waals surface area contributed by atoms with Crippen molar-refractivity contribution >= 4 is 10.8 Å². The number of ether oxygens (including phenoxy) is 1. The number of hydrogen-bond donors (Lipinski definition) is 0. The van der Waals surface area contributed by atoms with Gasteiger partial charge in [0.05, 0.1) is 0 Å². The van der Waals surface area contributed by atoms with Crippen molar-refractivity contribution in [2.24, 2.45) is 0 Å². The standard InChI is InChI=1S/C30H19F3O/c1-2-3-18-34-26-15-12-23(13-16-26)9-8-21-4-6-22(7-5-21)10-11-24-14-17-27-25(19-24)20-28(31)30(33)29(27)32/h2-7,12-17,19-20H,18H2,1H3/b3-2+. The normalized spacial score (nSPS) is 10.5. The van der Waals surface area contributed by atoms with Gasteiger partial charge in [0.2, 0.25) is 0 Å². The molecular weight excluding hydrogens is 433 g/mol. The van der Waals surface area contributed by atoms with E-state index in [9.17, 15) is 13.2 Å². The minimum Gasteiger partial charge on any atom is -0.490 e. The lowest BCUT2D eigenvalue weighted by Gasteiger charge is -2.02. The Morgan fingerprint density at radius 1 is 0.676 bits per heavy atom. The Bertz CT molecular complexity index is 1480. The van der Waals surface area contributed by atoms with E-state index in [1.54, 1.807) is 6.07 Å². The first-order chi connectivity index (χ1) is 16.5. The lowest BCUT2D eigenvalue weighted by Crippen LogP contribution is -1.92.